The lowest BCUT2D eigenvalue weighted by molar-refractivity contribution is 0.100. The fourth-order valence-corrected chi connectivity index (χ4v) is 1.12. The first-order chi connectivity index (χ1) is 7.15. The highest BCUT2D eigenvalue weighted by molar-refractivity contribution is 5.96. The smallest absolute Gasteiger partial charge is 0.254 e. The van der Waals surface area contributed by atoms with E-state index in [1.807, 2.05) is 0 Å². The summed E-state index contributed by atoms with van der Waals surface area (Å²) in [6, 6.07) is 0. The predicted octanol–water partition coefficient (Wildman–Crippen LogP) is -0.263. The molecule has 0 spiro atoms. The Balaban J connectivity index is 2.69. The molecule has 0 aliphatic rings. The summed E-state index contributed by atoms with van der Waals surface area (Å²) in [7, 11) is 1.63. The Bertz CT molecular complexity index is 354. The van der Waals surface area contributed by atoms with E-state index in [9.17, 15) is 4.79 Å². The van der Waals surface area contributed by atoms with Gasteiger partial charge in [-0.15, -0.1) is 0 Å². The molecule has 15 heavy (non-hydrogen) atoms. The summed E-state index contributed by atoms with van der Waals surface area (Å²) in [6.45, 7) is 0.640. The molecule has 0 fully saturated rings. The number of aromatic nitrogens is 2. The first kappa shape index (κ1) is 11.4. The Labute approximate surface area is 87.7 Å². The second-order valence-corrected chi connectivity index (χ2v) is 3.05. The number of rotatable bonds is 5. The Morgan fingerprint density at radius 2 is 2.33 bits per heavy atom. The van der Waals surface area contributed by atoms with E-state index in [-0.39, 0.29) is 11.4 Å². The highest BCUT2D eigenvalue weighted by Crippen LogP contribution is 2.07. The van der Waals surface area contributed by atoms with Crippen LogP contribution in [-0.4, -0.2) is 29.6 Å². The molecule has 4 N–H and O–H groups in total. The third kappa shape index (κ3) is 3.17. The van der Waals surface area contributed by atoms with Crippen molar-refractivity contribution in [1.82, 2.24) is 9.97 Å². The van der Waals surface area contributed by atoms with Gasteiger partial charge in [-0.2, -0.15) is 0 Å². The van der Waals surface area contributed by atoms with Crippen LogP contribution < -0.4 is 11.5 Å². The van der Waals surface area contributed by atoms with Crippen LogP contribution in [0.25, 0.3) is 0 Å². The summed E-state index contributed by atoms with van der Waals surface area (Å²) >= 11 is 0. The van der Waals surface area contributed by atoms with Gasteiger partial charge in [0.1, 0.15) is 11.6 Å². The first-order valence-corrected chi connectivity index (χ1v) is 4.55. The molecule has 6 nitrogen and oxygen atoms in total. The molecule has 0 radical (unpaired) electrons. The van der Waals surface area contributed by atoms with Crippen LogP contribution in [0.4, 0.5) is 5.82 Å². The summed E-state index contributed by atoms with van der Waals surface area (Å²) in [4.78, 5) is 18.8. The van der Waals surface area contributed by atoms with E-state index in [1.54, 1.807) is 7.11 Å². The molecular formula is C9H14N4O2. The normalized spacial score (nSPS) is 10.2. The SMILES string of the molecule is COCCCc1ncc(C(N)=O)c(N)n1. The third-order valence-electron chi connectivity index (χ3n) is 1.88. The van der Waals surface area contributed by atoms with Crippen LogP contribution in [0.2, 0.25) is 0 Å². The number of hydrogen-bond acceptors (Lipinski definition) is 5. The molecule has 1 rings (SSSR count). The van der Waals surface area contributed by atoms with E-state index in [1.165, 1.54) is 6.20 Å². The van der Waals surface area contributed by atoms with Crippen LogP contribution >= 0.6 is 0 Å². The number of primary amides is 1. The van der Waals surface area contributed by atoms with Crippen molar-refractivity contribution in [3.05, 3.63) is 17.6 Å². The zero-order chi connectivity index (χ0) is 11.3. The third-order valence-corrected chi connectivity index (χ3v) is 1.88. The van der Waals surface area contributed by atoms with E-state index >= 15 is 0 Å². The van der Waals surface area contributed by atoms with Crippen molar-refractivity contribution in [2.75, 3.05) is 19.5 Å². The van der Waals surface area contributed by atoms with Gasteiger partial charge >= 0.3 is 0 Å². The van der Waals surface area contributed by atoms with Crippen molar-refractivity contribution < 1.29 is 9.53 Å². The van der Waals surface area contributed by atoms with Gasteiger partial charge in [-0.25, -0.2) is 9.97 Å². The zero-order valence-electron chi connectivity index (χ0n) is 8.56. The maximum absolute atomic E-state index is 10.8. The number of ether oxygens (including phenoxy) is 1. The number of carbonyl (C=O) groups is 1. The lowest BCUT2D eigenvalue weighted by atomic mass is 10.2. The maximum Gasteiger partial charge on any atom is 0.254 e. The summed E-state index contributed by atoms with van der Waals surface area (Å²) in [5.41, 5.74) is 10.8. The lowest BCUT2D eigenvalue weighted by Crippen LogP contribution is -2.16. The van der Waals surface area contributed by atoms with Crippen LogP contribution in [-0.2, 0) is 11.2 Å². The second kappa shape index (κ2) is 5.26. The van der Waals surface area contributed by atoms with Crippen LogP contribution in [0.3, 0.4) is 0 Å². The number of carbonyl (C=O) groups excluding carboxylic acids is 1. The number of nitrogen functional groups attached to an aromatic ring is 1. The van der Waals surface area contributed by atoms with Gasteiger partial charge in [0.25, 0.3) is 5.91 Å². The monoisotopic (exact) mass is 210 g/mol. The molecule has 0 saturated heterocycles. The Morgan fingerprint density at radius 3 is 2.87 bits per heavy atom. The minimum absolute atomic E-state index is 0.130. The summed E-state index contributed by atoms with van der Waals surface area (Å²) < 4.78 is 4.89. The van der Waals surface area contributed by atoms with Crippen molar-refractivity contribution in [2.24, 2.45) is 5.73 Å². The molecule has 0 aromatic carbocycles. The van der Waals surface area contributed by atoms with Gasteiger partial charge in [0.2, 0.25) is 0 Å². The average molecular weight is 210 g/mol. The predicted molar refractivity (Wildman–Crippen MR) is 55.2 cm³/mol. The van der Waals surface area contributed by atoms with Crippen LogP contribution in [0.1, 0.15) is 22.6 Å². The molecule has 0 bridgehead atoms. The fourth-order valence-electron chi connectivity index (χ4n) is 1.12. The van der Waals surface area contributed by atoms with Crippen molar-refractivity contribution in [3.8, 4) is 0 Å². The second-order valence-electron chi connectivity index (χ2n) is 3.05. The Morgan fingerprint density at radius 1 is 1.60 bits per heavy atom. The van der Waals surface area contributed by atoms with E-state index < -0.39 is 5.91 Å². The number of amides is 1. The van der Waals surface area contributed by atoms with Crippen LogP contribution in [0.15, 0.2) is 6.20 Å². The maximum atomic E-state index is 10.8. The van der Waals surface area contributed by atoms with Crippen LogP contribution in [0.5, 0.6) is 0 Å². The van der Waals surface area contributed by atoms with Crippen molar-refractivity contribution in [3.63, 3.8) is 0 Å². The summed E-state index contributed by atoms with van der Waals surface area (Å²) in [6.07, 6.45) is 2.83. The molecule has 0 unspecified atom stereocenters. The number of anilines is 1. The Kier molecular flexibility index (Phi) is 3.99. The van der Waals surface area contributed by atoms with Crippen molar-refractivity contribution in [1.29, 1.82) is 0 Å². The molecule has 82 valence electrons. The molecule has 1 heterocycles. The number of nitrogens with zero attached hydrogens (tertiary/aromatic N) is 2. The van der Waals surface area contributed by atoms with E-state index in [2.05, 4.69) is 9.97 Å². The van der Waals surface area contributed by atoms with Gasteiger partial charge in [-0.05, 0) is 6.42 Å². The molecule has 1 amide bonds. The van der Waals surface area contributed by atoms with Gasteiger partial charge in [0.05, 0.1) is 5.56 Å². The summed E-state index contributed by atoms with van der Waals surface area (Å²) in [5, 5.41) is 0. The molecule has 1 aromatic rings. The number of methoxy groups -OCH3 is 1. The highest BCUT2D eigenvalue weighted by atomic mass is 16.5. The standard InChI is InChI=1S/C9H14N4O2/c1-15-4-2-3-7-12-5-6(9(11)14)8(10)13-7/h5H,2-4H2,1H3,(H2,11,14)(H2,10,12,13). The fraction of sp³-hybridized carbons (Fsp3) is 0.444. The lowest BCUT2D eigenvalue weighted by Gasteiger charge is -2.03. The molecule has 0 saturated carbocycles. The molecule has 6 heteroatoms. The molecule has 0 aliphatic carbocycles. The first-order valence-electron chi connectivity index (χ1n) is 4.55. The van der Waals surface area contributed by atoms with Crippen molar-refractivity contribution in [2.45, 2.75) is 12.8 Å². The Hall–Kier alpha value is -1.69. The minimum atomic E-state index is -0.615. The number of aryl methyl sites for hydroxylation is 1. The van der Waals surface area contributed by atoms with Crippen molar-refractivity contribution >= 4 is 11.7 Å². The minimum Gasteiger partial charge on any atom is -0.385 e. The average Bonchev–Trinajstić information content (AvgIpc) is 2.17. The topological polar surface area (TPSA) is 104 Å². The van der Waals surface area contributed by atoms with E-state index in [0.717, 1.165) is 6.42 Å². The quantitative estimate of drug-likeness (QED) is 0.651. The number of hydrogen-bond donors (Lipinski definition) is 2. The molecule has 0 aliphatic heterocycles. The number of nitrogens with two attached hydrogens (primary N) is 2. The zero-order valence-corrected chi connectivity index (χ0v) is 8.56. The summed E-state index contributed by atoms with van der Waals surface area (Å²) in [5.74, 6) is 0.107. The van der Waals surface area contributed by atoms with Gasteiger partial charge in [0.15, 0.2) is 0 Å². The molecule has 0 atom stereocenters. The molecular weight excluding hydrogens is 196 g/mol. The van der Waals surface area contributed by atoms with Gasteiger partial charge in [-0.3, -0.25) is 4.79 Å². The van der Waals surface area contributed by atoms with Crippen LogP contribution in [0, 0.1) is 0 Å². The van der Waals surface area contributed by atoms with Gasteiger partial charge in [0, 0.05) is 26.3 Å². The van der Waals surface area contributed by atoms with Gasteiger partial charge in [-0.1, -0.05) is 0 Å². The largest absolute Gasteiger partial charge is 0.385 e. The van der Waals surface area contributed by atoms with E-state index in [4.69, 9.17) is 16.2 Å². The van der Waals surface area contributed by atoms with E-state index in [0.29, 0.717) is 18.9 Å². The molecule has 1 aromatic heterocycles. The highest BCUT2D eigenvalue weighted by Gasteiger charge is 2.08. The van der Waals surface area contributed by atoms with Gasteiger partial charge < -0.3 is 16.2 Å².